The molecule has 0 saturated carbocycles. The summed E-state index contributed by atoms with van der Waals surface area (Å²) in [6, 6.07) is 13.6. The zero-order chi connectivity index (χ0) is 12.3. The van der Waals surface area contributed by atoms with Crippen molar-refractivity contribution < 1.29 is 9.36 Å². The molecule has 0 bridgehead atoms. The summed E-state index contributed by atoms with van der Waals surface area (Å²) in [5.74, 6) is 0.00952. The van der Waals surface area contributed by atoms with Crippen LogP contribution in [0.2, 0.25) is 0 Å². The Balaban J connectivity index is 2.39. The van der Waals surface area contributed by atoms with Gasteiger partial charge in [0.2, 0.25) is 5.69 Å². The van der Waals surface area contributed by atoms with Gasteiger partial charge in [-0.3, -0.25) is 4.79 Å². The molecule has 0 radical (unpaired) electrons. The third-order valence-corrected chi connectivity index (χ3v) is 2.51. The molecule has 0 fully saturated rings. The maximum absolute atomic E-state index is 11.8. The van der Waals surface area contributed by atoms with E-state index in [0.717, 1.165) is 5.69 Å². The van der Waals surface area contributed by atoms with Gasteiger partial charge in [-0.05, 0) is 6.07 Å². The number of amides is 1. The topological polar surface area (TPSA) is 24.2 Å². The third kappa shape index (κ3) is 2.50. The highest BCUT2D eigenvalue weighted by Crippen LogP contribution is 2.02. The van der Waals surface area contributed by atoms with E-state index in [1.165, 1.54) is 0 Å². The highest BCUT2D eigenvalue weighted by Gasteiger charge is 2.13. The third-order valence-electron chi connectivity index (χ3n) is 2.51. The van der Waals surface area contributed by atoms with Crippen molar-refractivity contribution in [2.75, 3.05) is 14.1 Å². The van der Waals surface area contributed by atoms with Gasteiger partial charge in [0, 0.05) is 32.3 Å². The van der Waals surface area contributed by atoms with Crippen molar-refractivity contribution in [3.63, 3.8) is 0 Å². The first kappa shape index (κ1) is 11.3. The van der Waals surface area contributed by atoms with Gasteiger partial charge in [-0.1, -0.05) is 18.2 Å². The maximum atomic E-state index is 11.8. The van der Waals surface area contributed by atoms with Crippen LogP contribution in [0.3, 0.4) is 0 Å². The van der Waals surface area contributed by atoms with Gasteiger partial charge in [-0.25, -0.2) is 0 Å². The molecule has 0 unspecified atom stereocenters. The molecule has 2 rings (SSSR count). The quantitative estimate of drug-likeness (QED) is 0.716. The van der Waals surface area contributed by atoms with Gasteiger partial charge in [0.05, 0.1) is 0 Å². The smallest absolute Gasteiger partial charge is 0.259 e. The molecule has 17 heavy (non-hydrogen) atoms. The van der Waals surface area contributed by atoms with Crippen LogP contribution in [0, 0.1) is 0 Å². The summed E-state index contributed by atoms with van der Waals surface area (Å²) in [5.41, 5.74) is 1.72. The van der Waals surface area contributed by atoms with Crippen LogP contribution in [-0.4, -0.2) is 24.9 Å². The first-order valence-electron chi connectivity index (χ1n) is 5.47. The molecule has 0 saturated heterocycles. The van der Waals surface area contributed by atoms with Crippen LogP contribution in [0.15, 0.2) is 54.9 Å². The minimum atomic E-state index is 0.00952. The second kappa shape index (κ2) is 4.78. The Morgan fingerprint density at radius 1 is 1.06 bits per heavy atom. The van der Waals surface area contributed by atoms with Crippen molar-refractivity contribution in [3.05, 3.63) is 60.4 Å². The largest absolute Gasteiger partial charge is 0.345 e. The fraction of sp³-hybridized carbons (Fsp3) is 0.143. The number of hydrogen-bond donors (Lipinski definition) is 0. The Kier molecular flexibility index (Phi) is 3.19. The van der Waals surface area contributed by atoms with E-state index >= 15 is 0 Å². The van der Waals surface area contributed by atoms with Gasteiger partial charge < -0.3 is 4.90 Å². The SMILES string of the molecule is CN(C)C(=O)c1ccc[n+](-c2ccccc2)c1. The summed E-state index contributed by atoms with van der Waals surface area (Å²) in [7, 11) is 3.50. The number of aromatic nitrogens is 1. The van der Waals surface area contributed by atoms with Crippen LogP contribution in [-0.2, 0) is 0 Å². The van der Waals surface area contributed by atoms with Crippen LogP contribution < -0.4 is 4.57 Å². The average molecular weight is 227 g/mol. The number of para-hydroxylation sites is 1. The van der Waals surface area contributed by atoms with Crippen LogP contribution in [0.1, 0.15) is 10.4 Å². The Labute approximate surface area is 101 Å². The molecule has 0 aliphatic carbocycles. The van der Waals surface area contributed by atoms with Crippen molar-refractivity contribution in [1.29, 1.82) is 0 Å². The zero-order valence-electron chi connectivity index (χ0n) is 10.00. The molecule has 0 aliphatic rings. The van der Waals surface area contributed by atoms with E-state index in [2.05, 4.69) is 0 Å². The van der Waals surface area contributed by atoms with Crippen LogP contribution in [0.5, 0.6) is 0 Å². The normalized spacial score (nSPS) is 10.0. The fourth-order valence-corrected chi connectivity index (χ4v) is 1.62. The average Bonchev–Trinajstić information content (AvgIpc) is 2.39. The molecule has 1 amide bonds. The molecule has 0 spiro atoms. The summed E-state index contributed by atoms with van der Waals surface area (Å²) in [6.07, 6.45) is 3.78. The summed E-state index contributed by atoms with van der Waals surface area (Å²) >= 11 is 0. The molecule has 1 aromatic heterocycles. The molecule has 3 heteroatoms. The predicted octanol–water partition coefficient (Wildman–Crippen LogP) is 1.67. The molecule has 1 aromatic carbocycles. The lowest BCUT2D eigenvalue weighted by atomic mass is 10.2. The van der Waals surface area contributed by atoms with Crippen molar-refractivity contribution in [2.45, 2.75) is 0 Å². The molecule has 86 valence electrons. The summed E-state index contributed by atoms with van der Waals surface area (Å²) in [4.78, 5) is 13.4. The Morgan fingerprint density at radius 2 is 1.76 bits per heavy atom. The molecule has 1 heterocycles. The number of rotatable bonds is 2. The van der Waals surface area contributed by atoms with E-state index in [1.54, 1.807) is 19.0 Å². The van der Waals surface area contributed by atoms with E-state index in [0.29, 0.717) is 5.56 Å². The van der Waals surface area contributed by atoms with E-state index in [-0.39, 0.29) is 5.91 Å². The van der Waals surface area contributed by atoms with Gasteiger partial charge in [0.25, 0.3) is 5.91 Å². The van der Waals surface area contributed by atoms with Gasteiger partial charge in [0.15, 0.2) is 12.4 Å². The highest BCUT2D eigenvalue weighted by atomic mass is 16.2. The predicted molar refractivity (Wildman–Crippen MR) is 66.0 cm³/mol. The Morgan fingerprint density at radius 3 is 2.41 bits per heavy atom. The molecule has 0 aliphatic heterocycles. The highest BCUT2D eigenvalue weighted by molar-refractivity contribution is 5.93. The summed E-state index contributed by atoms with van der Waals surface area (Å²) in [5, 5.41) is 0. The molecule has 2 aromatic rings. The number of carbonyl (C=O) groups excluding carboxylic acids is 1. The van der Waals surface area contributed by atoms with Crippen LogP contribution in [0.25, 0.3) is 5.69 Å². The van der Waals surface area contributed by atoms with Gasteiger partial charge >= 0.3 is 0 Å². The fourth-order valence-electron chi connectivity index (χ4n) is 1.62. The number of nitrogens with zero attached hydrogens (tertiary/aromatic N) is 2. The first-order valence-corrected chi connectivity index (χ1v) is 5.47. The van der Waals surface area contributed by atoms with Crippen molar-refractivity contribution >= 4 is 5.91 Å². The summed E-state index contributed by atoms with van der Waals surface area (Å²) < 4.78 is 1.94. The lowest BCUT2D eigenvalue weighted by molar-refractivity contribution is -0.595. The molecule has 0 atom stereocenters. The number of carbonyl (C=O) groups is 1. The monoisotopic (exact) mass is 227 g/mol. The van der Waals surface area contributed by atoms with Crippen LogP contribution >= 0.6 is 0 Å². The molecular weight excluding hydrogens is 212 g/mol. The van der Waals surface area contributed by atoms with Crippen molar-refractivity contribution in [1.82, 2.24) is 4.90 Å². The second-order valence-electron chi connectivity index (χ2n) is 4.04. The van der Waals surface area contributed by atoms with E-state index in [1.807, 2.05) is 59.4 Å². The Bertz CT molecular complexity index is 521. The van der Waals surface area contributed by atoms with Gasteiger partial charge in [-0.15, -0.1) is 0 Å². The summed E-state index contributed by atoms with van der Waals surface area (Å²) in [6.45, 7) is 0. The first-order chi connectivity index (χ1) is 8.18. The van der Waals surface area contributed by atoms with Gasteiger partial charge in [0.1, 0.15) is 5.56 Å². The number of benzene rings is 1. The zero-order valence-corrected chi connectivity index (χ0v) is 10.00. The molecule has 3 nitrogen and oxygen atoms in total. The van der Waals surface area contributed by atoms with Crippen molar-refractivity contribution in [3.8, 4) is 5.69 Å². The van der Waals surface area contributed by atoms with E-state index in [9.17, 15) is 4.79 Å². The molecular formula is C14H15N2O+. The maximum Gasteiger partial charge on any atom is 0.259 e. The second-order valence-corrected chi connectivity index (χ2v) is 4.04. The Hall–Kier alpha value is -2.16. The molecule has 0 N–H and O–H groups in total. The van der Waals surface area contributed by atoms with Gasteiger partial charge in [-0.2, -0.15) is 4.57 Å². The standard InChI is InChI=1S/C14H15N2O/c1-15(2)14(17)12-7-6-10-16(11-12)13-8-4-3-5-9-13/h3-11H,1-2H3/q+1. The van der Waals surface area contributed by atoms with E-state index in [4.69, 9.17) is 0 Å². The van der Waals surface area contributed by atoms with Crippen molar-refractivity contribution in [2.24, 2.45) is 0 Å². The number of pyridine rings is 1. The minimum absolute atomic E-state index is 0.00952. The lowest BCUT2D eigenvalue weighted by Crippen LogP contribution is -2.32. The minimum Gasteiger partial charge on any atom is -0.345 e. The lowest BCUT2D eigenvalue weighted by Gasteiger charge is -2.08. The van der Waals surface area contributed by atoms with Crippen LogP contribution in [0.4, 0.5) is 0 Å². The number of hydrogen-bond acceptors (Lipinski definition) is 1. The van der Waals surface area contributed by atoms with E-state index < -0.39 is 0 Å².